The van der Waals surface area contributed by atoms with Crippen LogP contribution in [0.15, 0.2) is 47.6 Å². The van der Waals surface area contributed by atoms with E-state index < -0.39 is 29.4 Å². The molecular weight excluding hydrogens is 366 g/mol. The molecule has 1 unspecified atom stereocenters. The summed E-state index contributed by atoms with van der Waals surface area (Å²) in [5.74, 6) is -3.80. The van der Waals surface area contributed by atoms with Gasteiger partial charge in [-0.15, -0.1) is 0 Å². The number of hydrazone groups is 1. The van der Waals surface area contributed by atoms with Gasteiger partial charge in [-0.25, -0.2) is 8.78 Å². The molecular formula is C18H13ClF2N2O3. The van der Waals surface area contributed by atoms with Crippen molar-refractivity contribution in [2.75, 3.05) is 12.1 Å². The predicted octanol–water partition coefficient (Wildman–Crippen LogP) is 3.55. The van der Waals surface area contributed by atoms with Gasteiger partial charge >= 0.3 is 5.97 Å². The van der Waals surface area contributed by atoms with E-state index in [9.17, 15) is 18.4 Å². The van der Waals surface area contributed by atoms with Crippen LogP contribution in [0.2, 0.25) is 5.02 Å². The Kier molecular flexibility index (Phi) is 4.99. The van der Waals surface area contributed by atoms with Gasteiger partial charge in [-0.1, -0.05) is 23.7 Å². The fourth-order valence-corrected chi connectivity index (χ4v) is 2.73. The molecule has 5 nitrogen and oxygen atoms in total. The molecule has 0 bridgehead atoms. The van der Waals surface area contributed by atoms with Gasteiger partial charge in [-0.2, -0.15) is 10.1 Å². The van der Waals surface area contributed by atoms with Crippen molar-refractivity contribution in [1.82, 2.24) is 0 Å². The molecule has 2 aromatic rings. The van der Waals surface area contributed by atoms with Crippen LogP contribution in [-0.4, -0.2) is 24.7 Å². The van der Waals surface area contributed by atoms with Gasteiger partial charge in [0.2, 0.25) is 0 Å². The zero-order valence-electron chi connectivity index (χ0n) is 13.6. The summed E-state index contributed by atoms with van der Waals surface area (Å²) in [7, 11) is 1.16. The number of methoxy groups -OCH3 is 1. The maximum atomic E-state index is 13.8. The van der Waals surface area contributed by atoms with Gasteiger partial charge < -0.3 is 4.74 Å². The maximum absolute atomic E-state index is 13.8. The first kappa shape index (κ1) is 18.0. The number of halogens is 3. The summed E-state index contributed by atoms with van der Waals surface area (Å²) < 4.78 is 32.0. The number of rotatable bonds is 3. The molecule has 1 amide bonds. The Morgan fingerprint density at radius 2 is 2.04 bits per heavy atom. The molecule has 0 aromatic heterocycles. The summed E-state index contributed by atoms with van der Waals surface area (Å²) >= 11 is 5.69. The lowest BCUT2D eigenvalue weighted by Gasteiger charge is -2.28. The summed E-state index contributed by atoms with van der Waals surface area (Å²) in [4.78, 5) is 24.7. The number of hydrogen-bond acceptors (Lipinski definition) is 4. The Hall–Kier alpha value is -2.80. The van der Waals surface area contributed by atoms with E-state index in [-0.39, 0.29) is 22.8 Å². The van der Waals surface area contributed by atoms with E-state index in [1.807, 2.05) is 0 Å². The number of amides is 1. The van der Waals surface area contributed by atoms with E-state index in [4.69, 9.17) is 11.6 Å². The van der Waals surface area contributed by atoms with Gasteiger partial charge in [-0.3, -0.25) is 9.59 Å². The van der Waals surface area contributed by atoms with Crippen molar-refractivity contribution in [2.24, 2.45) is 11.0 Å². The van der Waals surface area contributed by atoms with E-state index in [1.54, 1.807) is 0 Å². The van der Waals surface area contributed by atoms with Crippen LogP contribution >= 0.6 is 11.6 Å². The SMILES string of the molecule is COC(=O)C1CC(c2ccc(Cl)c(F)c2)=NN(c2cccc(F)c2)C1=O. The number of hydrogen-bond donors (Lipinski definition) is 0. The lowest BCUT2D eigenvalue weighted by atomic mass is 9.94. The van der Waals surface area contributed by atoms with Crippen molar-refractivity contribution in [1.29, 1.82) is 0 Å². The van der Waals surface area contributed by atoms with Crippen LogP contribution in [0.5, 0.6) is 0 Å². The normalized spacial score (nSPS) is 17.1. The molecule has 1 aliphatic heterocycles. The Bertz CT molecular complexity index is 917. The molecule has 0 spiro atoms. The monoisotopic (exact) mass is 378 g/mol. The number of anilines is 1. The molecule has 1 heterocycles. The van der Waals surface area contributed by atoms with Gasteiger partial charge in [0.05, 0.1) is 23.5 Å². The van der Waals surface area contributed by atoms with Crippen molar-refractivity contribution >= 4 is 34.9 Å². The Morgan fingerprint density at radius 3 is 2.69 bits per heavy atom. The van der Waals surface area contributed by atoms with Crippen LogP contribution in [0.1, 0.15) is 12.0 Å². The predicted molar refractivity (Wildman–Crippen MR) is 92.0 cm³/mol. The second-order valence-corrected chi connectivity index (χ2v) is 5.99. The lowest BCUT2D eigenvalue weighted by Crippen LogP contribution is -2.43. The van der Waals surface area contributed by atoms with Gasteiger partial charge in [0.15, 0.2) is 0 Å². The summed E-state index contributed by atoms with van der Waals surface area (Å²) in [6.07, 6.45) is -0.0710. The van der Waals surface area contributed by atoms with E-state index in [0.717, 1.165) is 24.3 Å². The van der Waals surface area contributed by atoms with Crippen molar-refractivity contribution in [3.8, 4) is 0 Å². The van der Waals surface area contributed by atoms with Gasteiger partial charge in [0, 0.05) is 12.0 Å². The summed E-state index contributed by atoms with van der Waals surface area (Å²) in [5.41, 5.74) is 0.782. The Morgan fingerprint density at radius 1 is 1.27 bits per heavy atom. The number of benzene rings is 2. The summed E-state index contributed by atoms with van der Waals surface area (Å²) in [5, 5.41) is 5.06. The van der Waals surface area contributed by atoms with Crippen molar-refractivity contribution in [3.05, 3.63) is 64.7 Å². The van der Waals surface area contributed by atoms with E-state index in [2.05, 4.69) is 9.84 Å². The second kappa shape index (κ2) is 7.21. The highest BCUT2D eigenvalue weighted by molar-refractivity contribution is 6.30. The highest BCUT2D eigenvalue weighted by Gasteiger charge is 2.38. The Balaban J connectivity index is 2.09. The molecule has 8 heteroatoms. The minimum absolute atomic E-state index is 0.0623. The highest BCUT2D eigenvalue weighted by Crippen LogP contribution is 2.28. The molecule has 0 N–H and O–H groups in total. The second-order valence-electron chi connectivity index (χ2n) is 5.59. The molecule has 0 saturated heterocycles. The van der Waals surface area contributed by atoms with Gasteiger partial charge in [0.25, 0.3) is 5.91 Å². The molecule has 134 valence electrons. The van der Waals surface area contributed by atoms with Crippen molar-refractivity contribution in [3.63, 3.8) is 0 Å². The molecule has 1 atom stereocenters. The number of esters is 1. The van der Waals surface area contributed by atoms with E-state index >= 15 is 0 Å². The first-order valence-corrected chi connectivity index (χ1v) is 7.98. The standard InChI is InChI=1S/C18H13ClF2N2O3/c1-26-18(25)13-9-16(10-5-6-14(19)15(21)7-10)22-23(17(13)24)12-4-2-3-11(20)8-12/h2-8,13H,9H2,1H3. The molecule has 3 rings (SSSR count). The van der Waals surface area contributed by atoms with Gasteiger partial charge in [0.1, 0.15) is 17.6 Å². The molecule has 0 radical (unpaired) electrons. The number of carbonyl (C=O) groups is 2. The fraction of sp³-hybridized carbons (Fsp3) is 0.167. The van der Waals surface area contributed by atoms with E-state index in [1.165, 1.54) is 30.3 Å². The third-order valence-corrected chi connectivity index (χ3v) is 4.22. The first-order valence-electron chi connectivity index (χ1n) is 7.61. The van der Waals surface area contributed by atoms with E-state index in [0.29, 0.717) is 5.56 Å². The average Bonchev–Trinajstić information content (AvgIpc) is 2.63. The highest BCUT2D eigenvalue weighted by atomic mass is 35.5. The molecule has 2 aromatic carbocycles. The number of nitrogens with zero attached hydrogens (tertiary/aromatic N) is 2. The molecule has 26 heavy (non-hydrogen) atoms. The van der Waals surface area contributed by atoms with Gasteiger partial charge in [-0.05, 0) is 30.3 Å². The van der Waals surface area contributed by atoms with Crippen LogP contribution in [0.25, 0.3) is 0 Å². The molecule has 0 aliphatic carbocycles. The smallest absolute Gasteiger partial charge is 0.318 e. The quantitative estimate of drug-likeness (QED) is 0.606. The number of carbonyl (C=O) groups excluding carboxylic acids is 2. The summed E-state index contributed by atoms with van der Waals surface area (Å²) in [6.45, 7) is 0. The molecule has 1 aliphatic rings. The topological polar surface area (TPSA) is 59.0 Å². The van der Waals surface area contributed by atoms with Crippen LogP contribution in [0.4, 0.5) is 14.5 Å². The van der Waals surface area contributed by atoms with Crippen molar-refractivity contribution in [2.45, 2.75) is 6.42 Å². The first-order chi connectivity index (χ1) is 12.4. The van der Waals surface area contributed by atoms with Crippen LogP contribution in [0.3, 0.4) is 0 Å². The lowest BCUT2D eigenvalue weighted by molar-refractivity contribution is -0.149. The van der Waals surface area contributed by atoms with Crippen molar-refractivity contribution < 1.29 is 23.1 Å². The number of ether oxygens (including phenoxy) is 1. The largest absolute Gasteiger partial charge is 0.468 e. The van der Waals surface area contributed by atoms with Crippen LogP contribution < -0.4 is 5.01 Å². The summed E-state index contributed by atoms with van der Waals surface area (Å²) in [6, 6.07) is 9.26. The third kappa shape index (κ3) is 3.43. The average molecular weight is 379 g/mol. The minimum atomic E-state index is -1.17. The molecule has 0 saturated carbocycles. The third-order valence-electron chi connectivity index (χ3n) is 3.92. The zero-order chi connectivity index (χ0) is 18.8. The van der Waals surface area contributed by atoms with Crippen LogP contribution in [0, 0.1) is 17.6 Å². The zero-order valence-corrected chi connectivity index (χ0v) is 14.3. The minimum Gasteiger partial charge on any atom is -0.468 e. The molecule has 0 fully saturated rings. The fourth-order valence-electron chi connectivity index (χ4n) is 2.61. The Labute approximate surface area is 152 Å². The van der Waals surface area contributed by atoms with Crippen LogP contribution in [-0.2, 0) is 14.3 Å². The maximum Gasteiger partial charge on any atom is 0.318 e.